The smallest absolute Gasteiger partial charge is 0.320 e. The van der Waals surface area contributed by atoms with E-state index < -0.39 is 11.8 Å². The number of likely N-dealkylation sites (tertiary alicyclic amines) is 1. The molecular weight excluding hydrogens is 496 g/mol. The summed E-state index contributed by atoms with van der Waals surface area (Å²) in [4.78, 5) is 43.4. The molecule has 1 saturated heterocycles. The fourth-order valence-electron chi connectivity index (χ4n) is 5.99. The average molecular weight is 521 g/mol. The molecule has 0 bridgehead atoms. The van der Waals surface area contributed by atoms with Crippen molar-refractivity contribution in [1.29, 1.82) is 5.26 Å². The monoisotopic (exact) mass is 520 g/mol. The van der Waals surface area contributed by atoms with Crippen molar-refractivity contribution in [3.8, 4) is 6.07 Å². The van der Waals surface area contributed by atoms with Gasteiger partial charge in [-0.15, -0.1) is 10.2 Å². The van der Waals surface area contributed by atoms with Crippen molar-refractivity contribution in [2.24, 2.45) is 0 Å². The van der Waals surface area contributed by atoms with Gasteiger partial charge in [0.25, 0.3) is 11.8 Å². The Bertz CT molecular complexity index is 1780. The summed E-state index contributed by atoms with van der Waals surface area (Å²) in [5.41, 5.74) is 3.54. The second-order valence-corrected chi connectivity index (χ2v) is 10.1. The van der Waals surface area contributed by atoms with Crippen molar-refractivity contribution in [2.75, 3.05) is 19.6 Å². The number of imide groups is 1. The van der Waals surface area contributed by atoms with Gasteiger partial charge in [-0.3, -0.25) is 19.3 Å². The number of hydrogen-bond donors (Lipinski definition) is 1. The second kappa shape index (κ2) is 8.80. The number of aromatic nitrogens is 4. The fraction of sp³-hybridized carbons (Fsp3) is 0.286. The molecular formula is C28H24N8O3. The van der Waals surface area contributed by atoms with Crippen LogP contribution in [0.15, 0.2) is 42.7 Å². The summed E-state index contributed by atoms with van der Waals surface area (Å²) < 4.78 is 3.69. The van der Waals surface area contributed by atoms with Crippen LogP contribution in [0.4, 0.5) is 4.79 Å². The minimum Gasteiger partial charge on any atom is -0.345 e. The molecule has 0 saturated carbocycles. The van der Waals surface area contributed by atoms with Gasteiger partial charge in [-0.05, 0) is 49.1 Å². The molecule has 39 heavy (non-hydrogen) atoms. The molecule has 0 aliphatic carbocycles. The number of nitriles is 1. The van der Waals surface area contributed by atoms with E-state index in [1.807, 2.05) is 32.7 Å². The van der Waals surface area contributed by atoms with Gasteiger partial charge in [-0.1, -0.05) is 6.07 Å². The van der Waals surface area contributed by atoms with E-state index in [1.54, 1.807) is 28.8 Å². The Kier molecular flexibility index (Phi) is 5.23. The molecule has 0 spiro atoms. The van der Waals surface area contributed by atoms with E-state index in [4.69, 9.17) is 0 Å². The molecule has 0 atom stereocenters. The van der Waals surface area contributed by atoms with Gasteiger partial charge in [-0.25, -0.2) is 4.79 Å². The molecule has 7 rings (SSSR count). The minimum absolute atomic E-state index is 0.0145. The Morgan fingerprint density at radius 3 is 2.59 bits per heavy atom. The number of piperidine rings is 1. The molecule has 6 heterocycles. The zero-order chi connectivity index (χ0) is 26.7. The number of nitrogens with zero attached hydrogens (tertiary/aromatic N) is 7. The van der Waals surface area contributed by atoms with Gasteiger partial charge in [0.15, 0.2) is 11.5 Å². The standard InChI is InChI=1S/C28H24N8O3/c29-14-17-12-18-15-35(28(39)33-7-3-1-4-8-33)11-10-34-16-20(19(13-17)24(18)34)22-23(27(38)30-26(22)37)25-32-31-21-6-2-5-9-36(21)25/h2,5-6,9,12-13,16H,1,3-4,7-8,10-11,15H2,(H,30,37,38). The number of amides is 4. The SMILES string of the molecule is N#Cc1cc2c3c(c1)c(C1=C(c4nnc5ccccn45)C(=O)NC1=O)cn3CCN(C(=O)N1CCCCC1)C2. The lowest BCUT2D eigenvalue weighted by Gasteiger charge is -2.32. The number of fused-ring (bicyclic) bond motifs is 1. The van der Waals surface area contributed by atoms with Crippen LogP contribution in [0.1, 0.15) is 41.8 Å². The van der Waals surface area contributed by atoms with Crippen LogP contribution < -0.4 is 5.32 Å². The number of benzene rings is 1. The maximum Gasteiger partial charge on any atom is 0.320 e. The highest BCUT2D eigenvalue weighted by atomic mass is 16.2. The molecule has 194 valence electrons. The highest BCUT2D eigenvalue weighted by Gasteiger charge is 2.37. The van der Waals surface area contributed by atoms with Gasteiger partial charge < -0.3 is 14.4 Å². The topological polar surface area (TPSA) is 129 Å². The maximum absolute atomic E-state index is 13.4. The van der Waals surface area contributed by atoms with E-state index in [1.165, 1.54) is 0 Å². The molecule has 3 aromatic heterocycles. The van der Waals surface area contributed by atoms with Crippen LogP contribution in [-0.4, -0.2) is 66.4 Å². The molecule has 1 N–H and O–H groups in total. The molecule has 11 heteroatoms. The maximum atomic E-state index is 13.4. The van der Waals surface area contributed by atoms with E-state index in [2.05, 4.69) is 21.6 Å². The van der Waals surface area contributed by atoms with E-state index in [9.17, 15) is 19.6 Å². The number of nitrogens with one attached hydrogen (secondary N) is 1. The number of carbonyl (C=O) groups is 3. The third-order valence-corrected chi connectivity index (χ3v) is 7.79. The zero-order valence-electron chi connectivity index (χ0n) is 21.1. The molecule has 0 radical (unpaired) electrons. The highest BCUT2D eigenvalue weighted by molar-refractivity contribution is 6.49. The second-order valence-electron chi connectivity index (χ2n) is 10.1. The average Bonchev–Trinajstić information content (AvgIpc) is 3.58. The van der Waals surface area contributed by atoms with Crippen molar-refractivity contribution in [3.05, 3.63) is 65.2 Å². The summed E-state index contributed by atoms with van der Waals surface area (Å²) in [5.74, 6) is -0.798. The minimum atomic E-state index is -0.545. The van der Waals surface area contributed by atoms with Crippen molar-refractivity contribution in [3.63, 3.8) is 0 Å². The number of carbonyl (C=O) groups excluding carboxylic acids is 3. The Labute approximate surface area is 222 Å². The van der Waals surface area contributed by atoms with Gasteiger partial charge in [0.2, 0.25) is 0 Å². The molecule has 1 aromatic carbocycles. The van der Waals surface area contributed by atoms with Gasteiger partial charge in [-0.2, -0.15) is 5.26 Å². The predicted octanol–water partition coefficient (Wildman–Crippen LogP) is 2.54. The number of hydrogen-bond acceptors (Lipinski definition) is 6. The summed E-state index contributed by atoms with van der Waals surface area (Å²) in [6.45, 7) is 2.88. The van der Waals surface area contributed by atoms with Crippen LogP contribution in [0.5, 0.6) is 0 Å². The normalized spacial score (nSPS) is 17.6. The van der Waals surface area contributed by atoms with E-state index in [0.29, 0.717) is 41.8 Å². The molecule has 1 fully saturated rings. The lowest BCUT2D eigenvalue weighted by Crippen LogP contribution is -2.45. The highest BCUT2D eigenvalue weighted by Crippen LogP contribution is 2.38. The summed E-state index contributed by atoms with van der Waals surface area (Å²) in [6, 6.07) is 11.2. The Balaban J connectivity index is 1.39. The van der Waals surface area contributed by atoms with Gasteiger partial charge in [0.1, 0.15) is 0 Å². The zero-order valence-corrected chi connectivity index (χ0v) is 21.1. The van der Waals surface area contributed by atoms with Crippen molar-refractivity contribution >= 4 is 45.5 Å². The summed E-state index contributed by atoms with van der Waals surface area (Å²) in [7, 11) is 0. The van der Waals surface area contributed by atoms with Gasteiger partial charge in [0, 0.05) is 56.1 Å². The van der Waals surface area contributed by atoms with Crippen LogP contribution in [-0.2, 0) is 22.7 Å². The lowest BCUT2D eigenvalue weighted by molar-refractivity contribution is -0.122. The fourth-order valence-corrected chi connectivity index (χ4v) is 5.99. The van der Waals surface area contributed by atoms with Crippen LogP contribution >= 0.6 is 0 Å². The van der Waals surface area contributed by atoms with E-state index in [-0.39, 0.29) is 23.0 Å². The molecule has 4 aromatic rings. The molecule has 3 aliphatic heterocycles. The first kappa shape index (κ1) is 23.2. The van der Waals surface area contributed by atoms with Gasteiger partial charge >= 0.3 is 6.03 Å². The van der Waals surface area contributed by atoms with E-state index in [0.717, 1.165) is 43.4 Å². The molecule has 3 aliphatic rings. The first-order valence-corrected chi connectivity index (χ1v) is 13.0. The van der Waals surface area contributed by atoms with Crippen LogP contribution in [0.25, 0.3) is 27.7 Å². The number of urea groups is 1. The Morgan fingerprint density at radius 1 is 0.949 bits per heavy atom. The molecule has 4 amide bonds. The first-order chi connectivity index (χ1) is 19.0. The lowest BCUT2D eigenvalue weighted by atomic mass is 9.97. The summed E-state index contributed by atoms with van der Waals surface area (Å²) in [6.07, 6.45) is 6.75. The largest absolute Gasteiger partial charge is 0.345 e. The molecule has 11 nitrogen and oxygen atoms in total. The Hall–Kier alpha value is -4.98. The van der Waals surface area contributed by atoms with Crippen molar-refractivity contribution < 1.29 is 14.4 Å². The predicted molar refractivity (Wildman–Crippen MR) is 141 cm³/mol. The number of pyridine rings is 1. The van der Waals surface area contributed by atoms with Crippen LogP contribution in [0, 0.1) is 11.3 Å². The van der Waals surface area contributed by atoms with Crippen molar-refractivity contribution in [1.82, 2.24) is 34.3 Å². The number of rotatable bonds is 2. The Morgan fingerprint density at radius 2 is 1.77 bits per heavy atom. The van der Waals surface area contributed by atoms with Crippen LogP contribution in [0.2, 0.25) is 0 Å². The third-order valence-electron chi connectivity index (χ3n) is 7.79. The first-order valence-electron chi connectivity index (χ1n) is 13.0. The van der Waals surface area contributed by atoms with Crippen molar-refractivity contribution in [2.45, 2.75) is 32.4 Å². The van der Waals surface area contributed by atoms with Crippen LogP contribution in [0.3, 0.4) is 0 Å². The summed E-state index contributed by atoms with van der Waals surface area (Å²) in [5, 5.41) is 21.3. The molecule has 0 unspecified atom stereocenters. The van der Waals surface area contributed by atoms with Gasteiger partial charge in [0.05, 0.1) is 28.3 Å². The quantitative estimate of drug-likeness (QED) is 0.405. The summed E-state index contributed by atoms with van der Waals surface area (Å²) >= 11 is 0. The van der Waals surface area contributed by atoms with E-state index >= 15 is 0 Å². The third kappa shape index (κ3) is 3.59.